The number of benzene rings is 2. The van der Waals surface area contributed by atoms with E-state index in [0.29, 0.717) is 32.2 Å². The lowest BCUT2D eigenvalue weighted by Crippen LogP contribution is -2.47. The largest absolute Gasteiger partial charge is 0.319 e. The first-order valence-electron chi connectivity index (χ1n) is 8.32. The molecule has 0 spiro atoms. The third-order valence-electron chi connectivity index (χ3n) is 4.40. The molecule has 1 saturated heterocycles. The summed E-state index contributed by atoms with van der Waals surface area (Å²) in [7, 11) is -1.69. The highest BCUT2D eigenvalue weighted by Crippen LogP contribution is 2.20. The van der Waals surface area contributed by atoms with Crippen molar-refractivity contribution in [3.63, 3.8) is 0 Å². The number of carbonyl (C=O) groups is 1. The predicted octanol–water partition coefficient (Wildman–Crippen LogP) is 2.15. The van der Waals surface area contributed by atoms with Gasteiger partial charge in [0.05, 0.1) is 10.6 Å². The van der Waals surface area contributed by atoms with Crippen LogP contribution in [0.25, 0.3) is 0 Å². The molecule has 6 nitrogen and oxygen atoms in total. The van der Waals surface area contributed by atoms with Gasteiger partial charge in [0, 0.05) is 37.8 Å². The first-order valence-corrected chi connectivity index (χ1v) is 9.76. The van der Waals surface area contributed by atoms with Gasteiger partial charge in [0.1, 0.15) is 11.6 Å². The van der Waals surface area contributed by atoms with Crippen LogP contribution in [0.1, 0.15) is 10.4 Å². The van der Waals surface area contributed by atoms with E-state index in [9.17, 15) is 22.0 Å². The number of sulfonamides is 1. The summed E-state index contributed by atoms with van der Waals surface area (Å²) >= 11 is 0. The smallest absolute Gasteiger partial charge is 0.255 e. The molecular formula is C18H19F2N3O3S. The second kappa shape index (κ2) is 7.71. The third-order valence-corrected chi connectivity index (χ3v) is 6.31. The highest BCUT2D eigenvalue weighted by atomic mass is 32.2. The van der Waals surface area contributed by atoms with Gasteiger partial charge in [-0.25, -0.2) is 17.2 Å². The minimum absolute atomic E-state index is 0.0940. The molecule has 27 heavy (non-hydrogen) atoms. The molecule has 1 amide bonds. The summed E-state index contributed by atoms with van der Waals surface area (Å²) in [6, 6.07) is 8.24. The number of carbonyl (C=O) groups excluding carboxylic acids is 1. The number of rotatable bonds is 4. The molecule has 3 rings (SSSR count). The minimum Gasteiger partial charge on any atom is -0.319 e. The van der Waals surface area contributed by atoms with Gasteiger partial charge >= 0.3 is 0 Å². The van der Waals surface area contributed by atoms with E-state index in [1.165, 1.54) is 28.6 Å². The van der Waals surface area contributed by atoms with Gasteiger partial charge in [-0.3, -0.25) is 4.79 Å². The third kappa shape index (κ3) is 4.32. The molecule has 1 aliphatic heterocycles. The number of nitrogens with zero attached hydrogens (tertiary/aromatic N) is 2. The molecule has 1 fully saturated rings. The summed E-state index contributed by atoms with van der Waals surface area (Å²) in [5, 5.41) is 2.33. The van der Waals surface area contributed by atoms with Crippen molar-refractivity contribution < 1.29 is 22.0 Å². The Hall–Kier alpha value is -2.36. The van der Waals surface area contributed by atoms with Crippen molar-refractivity contribution in [2.75, 3.05) is 38.5 Å². The highest BCUT2D eigenvalue weighted by Gasteiger charge is 2.27. The van der Waals surface area contributed by atoms with Crippen LogP contribution in [-0.2, 0) is 10.0 Å². The monoisotopic (exact) mass is 395 g/mol. The number of likely N-dealkylation sites (N-methyl/N-ethyl adjacent to an activating group) is 1. The van der Waals surface area contributed by atoms with Crippen LogP contribution in [0.5, 0.6) is 0 Å². The molecule has 0 aromatic heterocycles. The summed E-state index contributed by atoms with van der Waals surface area (Å²) in [6.45, 7) is 2.13. The maximum atomic E-state index is 13.6. The minimum atomic E-state index is -3.62. The summed E-state index contributed by atoms with van der Waals surface area (Å²) in [5.74, 6) is -2.26. The number of amides is 1. The Morgan fingerprint density at radius 3 is 2.22 bits per heavy atom. The van der Waals surface area contributed by atoms with Crippen LogP contribution in [0.2, 0.25) is 0 Å². The second-order valence-corrected chi connectivity index (χ2v) is 8.25. The van der Waals surface area contributed by atoms with Crippen molar-refractivity contribution in [3.05, 3.63) is 59.7 Å². The molecule has 0 atom stereocenters. The number of piperazine rings is 1. The van der Waals surface area contributed by atoms with E-state index in [2.05, 4.69) is 5.32 Å². The molecule has 1 N–H and O–H groups in total. The second-order valence-electron chi connectivity index (χ2n) is 6.31. The van der Waals surface area contributed by atoms with E-state index in [0.717, 1.165) is 12.1 Å². The maximum Gasteiger partial charge on any atom is 0.255 e. The average molecular weight is 395 g/mol. The summed E-state index contributed by atoms with van der Waals surface area (Å²) in [5.41, 5.74) is 0.00610. The van der Waals surface area contributed by atoms with Crippen molar-refractivity contribution in [2.45, 2.75) is 4.90 Å². The van der Waals surface area contributed by atoms with Gasteiger partial charge in [0.25, 0.3) is 5.91 Å². The number of anilines is 1. The Balaban J connectivity index is 1.73. The molecule has 2 aromatic carbocycles. The summed E-state index contributed by atoms with van der Waals surface area (Å²) in [6.07, 6.45) is 0. The van der Waals surface area contributed by atoms with Crippen molar-refractivity contribution in [1.29, 1.82) is 0 Å². The van der Waals surface area contributed by atoms with Crippen molar-refractivity contribution >= 4 is 21.6 Å². The molecule has 0 unspecified atom stereocenters. The predicted molar refractivity (Wildman–Crippen MR) is 97.0 cm³/mol. The van der Waals surface area contributed by atoms with Crippen molar-refractivity contribution in [1.82, 2.24) is 9.21 Å². The lowest BCUT2D eigenvalue weighted by Gasteiger charge is -2.31. The molecule has 0 saturated carbocycles. The maximum absolute atomic E-state index is 13.6. The Labute approximate surface area is 156 Å². The number of hydrogen-bond acceptors (Lipinski definition) is 4. The number of nitrogens with one attached hydrogen (secondary N) is 1. The van der Waals surface area contributed by atoms with Gasteiger partial charge in [0.15, 0.2) is 0 Å². The quantitative estimate of drug-likeness (QED) is 0.861. The zero-order chi connectivity index (χ0) is 19.6. The van der Waals surface area contributed by atoms with Gasteiger partial charge in [-0.1, -0.05) is 0 Å². The van der Waals surface area contributed by atoms with Crippen molar-refractivity contribution in [3.8, 4) is 0 Å². The van der Waals surface area contributed by atoms with E-state index in [1.807, 2.05) is 11.9 Å². The Morgan fingerprint density at radius 2 is 1.63 bits per heavy atom. The number of hydrogen-bond donors (Lipinski definition) is 1. The Kier molecular flexibility index (Phi) is 5.54. The Morgan fingerprint density at radius 1 is 1.00 bits per heavy atom. The zero-order valence-corrected chi connectivity index (χ0v) is 15.5. The van der Waals surface area contributed by atoms with Crippen LogP contribution in [0.4, 0.5) is 14.5 Å². The fourth-order valence-electron chi connectivity index (χ4n) is 2.74. The van der Waals surface area contributed by atoms with E-state index < -0.39 is 27.6 Å². The molecule has 1 heterocycles. The lowest BCUT2D eigenvalue weighted by molar-refractivity contribution is 0.102. The first-order chi connectivity index (χ1) is 12.8. The van der Waals surface area contributed by atoms with Crippen LogP contribution < -0.4 is 5.32 Å². The van der Waals surface area contributed by atoms with E-state index in [4.69, 9.17) is 0 Å². The van der Waals surface area contributed by atoms with Crippen LogP contribution in [-0.4, -0.2) is 56.8 Å². The van der Waals surface area contributed by atoms with E-state index in [-0.39, 0.29) is 16.1 Å². The molecule has 0 bridgehead atoms. The zero-order valence-electron chi connectivity index (χ0n) is 14.7. The molecule has 0 aliphatic carbocycles. The molecule has 9 heteroatoms. The van der Waals surface area contributed by atoms with Crippen LogP contribution in [0.3, 0.4) is 0 Å². The summed E-state index contributed by atoms with van der Waals surface area (Å²) < 4.78 is 53.3. The first kappa shape index (κ1) is 19.4. The van der Waals surface area contributed by atoms with Gasteiger partial charge < -0.3 is 10.2 Å². The van der Waals surface area contributed by atoms with Crippen LogP contribution in [0.15, 0.2) is 47.4 Å². The number of halogens is 2. The van der Waals surface area contributed by atoms with E-state index >= 15 is 0 Å². The molecule has 2 aromatic rings. The fourth-order valence-corrected chi connectivity index (χ4v) is 4.16. The molecule has 0 radical (unpaired) electrons. The van der Waals surface area contributed by atoms with Crippen LogP contribution >= 0.6 is 0 Å². The molecule has 1 aliphatic rings. The van der Waals surface area contributed by atoms with Gasteiger partial charge in [0.2, 0.25) is 10.0 Å². The fraction of sp³-hybridized carbons (Fsp3) is 0.278. The van der Waals surface area contributed by atoms with Gasteiger partial charge in [-0.2, -0.15) is 4.31 Å². The van der Waals surface area contributed by atoms with Crippen LogP contribution in [0, 0.1) is 11.6 Å². The lowest BCUT2D eigenvalue weighted by atomic mass is 10.2. The highest BCUT2D eigenvalue weighted by molar-refractivity contribution is 7.89. The SMILES string of the molecule is CN1CCN(S(=O)(=O)c2ccc(C(=O)Nc3ccc(F)cc3F)cc2)CC1. The standard InChI is InChI=1S/C18H19F2N3O3S/c1-22-8-10-23(11-9-22)27(25,26)15-5-2-13(3-6-15)18(24)21-17-7-4-14(19)12-16(17)20/h2-7,12H,8-11H2,1H3,(H,21,24). The van der Waals surface area contributed by atoms with E-state index in [1.54, 1.807) is 0 Å². The van der Waals surface area contributed by atoms with Crippen molar-refractivity contribution in [2.24, 2.45) is 0 Å². The normalized spacial score (nSPS) is 16.3. The van der Waals surface area contributed by atoms with Gasteiger partial charge in [-0.15, -0.1) is 0 Å². The average Bonchev–Trinajstić information content (AvgIpc) is 2.64. The molecule has 144 valence electrons. The summed E-state index contributed by atoms with van der Waals surface area (Å²) in [4.78, 5) is 14.4. The molecular weight excluding hydrogens is 376 g/mol. The Bertz CT molecular complexity index is 941. The topological polar surface area (TPSA) is 69.7 Å². The van der Waals surface area contributed by atoms with Gasteiger partial charge in [-0.05, 0) is 43.4 Å².